The molecule has 0 rings (SSSR count). The Morgan fingerprint density at radius 3 is 2.33 bits per heavy atom. The van der Waals surface area contributed by atoms with E-state index in [4.69, 9.17) is 5.11 Å². The van der Waals surface area contributed by atoms with Crippen molar-refractivity contribution >= 4 is 11.7 Å². The van der Waals surface area contributed by atoms with Crippen LogP contribution in [0, 0.1) is 0 Å². The Kier molecular flexibility index (Phi) is 3.62. The van der Waals surface area contributed by atoms with E-state index < -0.39 is 5.91 Å². The van der Waals surface area contributed by atoms with Crippen molar-refractivity contribution in [1.29, 1.82) is 0 Å². The van der Waals surface area contributed by atoms with Crippen LogP contribution in [0.15, 0.2) is 0 Å². The number of nitrogens with two attached hydrogens (primary N) is 1. The number of carbonyl (C=O) groups is 2. The molecule has 1 amide bonds. The standard InChI is InChI=1S/C5H9NO3/c6-5(9)3-4(8)1-2-7/h7H,1-3H2,(H2,6,9). The summed E-state index contributed by atoms with van der Waals surface area (Å²) >= 11 is 0. The molecule has 0 aromatic rings. The van der Waals surface area contributed by atoms with Gasteiger partial charge < -0.3 is 10.8 Å². The third kappa shape index (κ3) is 4.96. The summed E-state index contributed by atoms with van der Waals surface area (Å²) in [6.45, 7) is -0.216. The second-order valence-electron chi connectivity index (χ2n) is 1.66. The highest BCUT2D eigenvalue weighted by atomic mass is 16.3. The Hall–Kier alpha value is -0.900. The van der Waals surface area contributed by atoms with Crippen LogP contribution in [0.3, 0.4) is 0 Å². The van der Waals surface area contributed by atoms with Crippen molar-refractivity contribution in [2.75, 3.05) is 6.61 Å². The minimum absolute atomic E-state index is 0.0168. The molecule has 0 spiro atoms. The molecule has 52 valence electrons. The van der Waals surface area contributed by atoms with Crippen molar-refractivity contribution in [3.05, 3.63) is 0 Å². The number of rotatable bonds is 4. The second-order valence-corrected chi connectivity index (χ2v) is 1.66. The number of ketones is 1. The average Bonchev–Trinajstić information content (AvgIpc) is 1.63. The molecule has 0 aliphatic rings. The van der Waals surface area contributed by atoms with Gasteiger partial charge in [-0.2, -0.15) is 0 Å². The van der Waals surface area contributed by atoms with Gasteiger partial charge in [0.05, 0.1) is 6.42 Å². The zero-order valence-corrected chi connectivity index (χ0v) is 4.96. The molecule has 0 atom stereocenters. The third-order valence-electron chi connectivity index (χ3n) is 0.762. The molecule has 0 aliphatic heterocycles. The van der Waals surface area contributed by atoms with Crippen LogP contribution >= 0.6 is 0 Å². The van der Waals surface area contributed by atoms with Crippen molar-refractivity contribution in [2.45, 2.75) is 12.8 Å². The summed E-state index contributed by atoms with van der Waals surface area (Å²) in [6, 6.07) is 0. The highest BCUT2D eigenvalue weighted by Crippen LogP contribution is 1.85. The Morgan fingerprint density at radius 2 is 2.00 bits per heavy atom. The van der Waals surface area contributed by atoms with Gasteiger partial charge in [-0.05, 0) is 0 Å². The first-order chi connectivity index (χ1) is 4.16. The molecule has 4 nitrogen and oxygen atoms in total. The van der Waals surface area contributed by atoms with Gasteiger partial charge in [-0.15, -0.1) is 0 Å². The molecular weight excluding hydrogens is 122 g/mol. The summed E-state index contributed by atoms with van der Waals surface area (Å²) in [5, 5.41) is 8.18. The summed E-state index contributed by atoms with van der Waals surface area (Å²) in [6.07, 6.45) is -0.247. The molecule has 0 aromatic heterocycles. The fourth-order valence-electron chi connectivity index (χ4n) is 0.407. The summed E-state index contributed by atoms with van der Waals surface area (Å²) in [7, 11) is 0. The lowest BCUT2D eigenvalue weighted by Gasteiger charge is -1.90. The van der Waals surface area contributed by atoms with Crippen LogP contribution < -0.4 is 5.73 Å². The molecule has 0 saturated carbocycles. The molecule has 0 radical (unpaired) electrons. The molecule has 0 heterocycles. The molecule has 3 N–H and O–H groups in total. The van der Waals surface area contributed by atoms with Crippen molar-refractivity contribution in [3.8, 4) is 0 Å². The molecule has 0 bridgehead atoms. The maximum atomic E-state index is 10.4. The first-order valence-electron chi connectivity index (χ1n) is 2.57. The van der Waals surface area contributed by atoms with E-state index >= 15 is 0 Å². The number of aliphatic hydroxyl groups is 1. The van der Waals surface area contributed by atoms with E-state index in [1.807, 2.05) is 0 Å². The van der Waals surface area contributed by atoms with Gasteiger partial charge in [0.15, 0.2) is 0 Å². The van der Waals surface area contributed by atoms with Gasteiger partial charge in [0.25, 0.3) is 0 Å². The normalized spacial score (nSPS) is 9.00. The smallest absolute Gasteiger partial charge is 0.224 e. The molecule has 9 heavy (non-hydrogen) atoms. The maximum Gasteiger partial charge on any atom is 0.224 e. The minimum Gasteiger partial charge on any atom is -0.396 e. The molecule has 0 fully saturated rings. The summed E-state index contributed by atoms with van der Waals surface area (Å²) in [4.78, 5) is 20.4. The van der Waals surface area contributed by atoms with Gasteiger partial charge in [-0.3, -0.25) is 9.59 Å². The Morgan fingerprint density at radius 1 is 1.44 bits per heavy atom. The fourth-order valence-corrected chi connectivity index (χ4v) is 0.407. The quantitative estimate of drug-likeness (QED) is 0.471. The number of carbonyl (C=O) groups excluding carboxylic acids is 2. The average molecular weight is 131 g/mol. The van der Waals surface area contributed by atoms with Crippen LogP contribution in [0.5, 0.6) is 0 Å². The largest absolute Gasteiger partial charge is 0.396 e. The Bertz CT molecular complexity index is 121. The molecular formula is C5H9NO3. The van der Waals surface area contributed by atoms with E-state index in [9.17, 15) is 9.59 Å². The first-order valence-corrected chi connectivity index (χ1v) is 2.57. The van der Waals surface area contributed by atoms with Gasteiger partial charge in [-0.25, -0.2) is 0 Å². The predicted molar refractivity (Wildman–Crippen MR) is 30.5 cm³/mol. The Balaban J connectivity index is 3.39. The van der Waals surface area contributed by atoms with Crippen LogP contribution in [0.25, 0.3) is 0 Å². The van der Waals surface area contributed by atoms with Crippen molar-refractivity contribution in [1.82, 2.24) is 0 Å². The van der Waals surface area contributed by atoms with Crippen LogP contribution in [0.4, 0.5) is 0 Å². The van der Waals surface area contributed by atoms with Gasteiger partial charge in [-0.1, -0.05) is 0 Å². The van der Waals surface area contributed by atoms with E-state index in [2.05, 4.69) is 5.73 Å². The molecule has 0 aromatic carbocycles. The van der Waals surface area contributed by atoms with E-state index in [0.717, 1.165) is 0 Å². The number of amides is 1. The highest BCUT2D eigenvalue weighted by Gasteiger charge is 2.03. The van der Waals surface area contributed by atoms with E-state index in [-0.39, 0.29) is 25.2 Å². The number of hydrogen-bond acceptors (Lipinski definition) is 3. The lowest BCUT2D eigenvalue weighted by molar-refractivity contribution is -0.126. The van der Waals surface area contributed by atoms with Gasteiger partial charge in [0.2, 0.25) is 5.91 Å². The Labute approximate surface area is 52.7 Å². The summed E-state index contributed by atoms with van der Waals surface area (Å²) < 4.78 is 0. The number of aliphatic hydroxyl groups excluding tert-OH is 1. The molecule has 4 heteroatoms. The zero-order chi connectivity index (χ0) is 7.28. The first kappa shape index (κ1) is 8.10. The van der Waals surface area contributed by atoms with Gasteiger partial charge in [0, 0.05) is 13.0 Å². The fraction of sp³-hybridized carbons (Fsp3) is 0.600. The second kappa shape index (κ2) is 4.03. The van der Waals surface area contributed by atoms with Crippen molar-refractivity contribution in [2.24, 2.45) is 5.73 Å². The molecule has 0 aliphatic carbocycles. The monoisotopic (exact) mass is 131 g/mol. The van der Waals surface area contributed by atoms with Crippen LogP contribution in [-0.4, -0.2) is 23.4 Å². The van der Waals surface area contributed by atoms with E-state index in [0.29, 0.717) is 0 Å². The third-order valence-corrected chi connectivity index (χ3v) is 0.762. The molecule has 0 saturated heterocycles. The summed E-state index contributed by atoms with van der Waals surface area (Å²) in [5.41, 5.74) is 4.68. The maximum absolute atomic E-state index is 10.4. The SMILES string of the molecule is NC(=O)CC(=O)CCO. The van der Waals surface area contributed by atoms with Crippen LogP contribution in [0.2, 0.25) is 0 Å². The molecule has 0 unspecified atom stereocenters. The van der Waals surface area contributed by atoms with E-state index in [1.165, 1.54) is 0 Å². The number of hydrogen-bond donors (Lipinski definition) is 2. The lowest BCUT2D eigenvalue weighted by atomic mass is 10.2. The topological polar surface area (TPSA) is 80.4 Å². The van der Waals surface area contributed by atoms with Gasteiger partial charge in [0.1, 0.15) is 5.78 Å². The number of Topliss-reactive ketones (excluding diaryl/α,β-unsaturated/α-hetero) is 1. The van der Waals surface area contributed by atoms with Crippen molar-refractivity contribution in [3.63, 3.8) is 0 Å². The van der Waals surface area contributed by atoms with Crippen LogP contribution in [-0.2, 0) is 9.59 Å². The summed E-state index contributed by atoms with van der Waals surface area (Å²) in [5.74, 6) is -0.960. The zero-order valence-electron chi connectivity index (χ0n) is 4.96. The van der Waals surface area contributed by atoms with Crippen molar-refractivity contribution < 1.29 is 14.7 Å². The highest BCUT2D eigenvalue weighted by molar-refractivity contribution is 5.97. The van der Waals surface area contributed by atoms with E-state index in [1.54, 1.807) is 0 Å². The predicted octanol–water partition coefficient (Wildman–Crippen LogP) is -1.19. The minimum atomic E-state index is -0.645. The van der Waals surface area contributed by atoms with Gasteiger partial charge >= 0.3 is 0 Å². The number of primary amides is 1. The lowest BCUT2D eigenvalue weighted by Crippen LogP contribution is -2.16. The van der Waals surface area contributed by atoms with Crippen LogP contribution in [0.1, 0.15) is 12.8 Å².